The minimum atomic E-state index is -0.865. The van der Waals surface area contributed by atoms with Gasteiger partial charge >= 0.3 is 18.0 Å². The number of cyclic esters (lactones) is 1. The van der Waals surface area contributed by atoms with Gasteiger partial charge in [0.05, 0.1) is 28.7 Å². The Hall–Kier alpha value is -3.68. The number of esters is 2. The number of allylic oxidation sites excluding steroid dienone is 1. The molecule has 14 heteroatoms. The number of fused-ring (bicyclic) bond motifs is 2. The number of ketones is 1. The van der Waals surface area contributed by atoms with Gasteiger partial charge in [-0.15, -0.1) is 5.01 Å². The number of hydrazone groups is 1. The summed E-state index contributed by atoms with van der Waals surface area (Å²) in [5.41, 5.74) is -0.583. The largest absolute Gasteiger partial charge is 0.462 e. The van der Waals surface area contributed by atoms with E-state index >= 15 is 0 Å². The standard InChI is InChI=1S/C46H64N6O7S/c1-28-30-17-20-45(39(28)55)34(22-30)44-19-13-18-43(3,29(2)58-41(44)56)33(44)23-36(45)59-38(54)16-10-8-6-5-7-9-11-21-52-26-32(51(52)4)25-47-37(53)15-12-14-31-24-48-46-35(27-60-40(31)46)49-42(57)50-46/h24,26,29-31,33-36,40H,1,4-23,25,27H2,2-3H3,(H2-,47,49,50,53,57)/p+1. The van der Waals surface area contributed by atoms with Gasteiger partial charge in [0.1, 0.15) is 25.0 Å². The molecule has 13 nitrogen and oxygen atoms in total. The van der Waals surface area contributed by atoms with Gasteiger partial charge in [0.2, 0.25) is 5.91 Å². The van der Waals surface area contributed by atoms with Crippen molar-refractivity contribution in [1.29, 1.82) is 0 Å². The molecule has 5 heterocycles. The van der Waals surface area contributed by atoms with Gasteiger partial charge in [0, 0.05) is 36.1 Å². The average molecular weight is 846 g/mol. The molecule has 60 heavy (non-hydrogen) atoms. The molecule has 12 atom stereocenters. The van der Waals surface area contributed by atoms with Gasteiger partial charge in [-0.25, -0.2) is 4.79 Å². The van der Waals surface area contributed by atoms with Crippen LogP contribution in [-0.2, 0) is 28.7 Å². The number of thioether (sulfide) groups is 1. The summed E-state index contributed by atoms with van der Waals surface area (Å²) in [5, 5.41) is 11.4. The minimum absolute atomic E-state index is 0.0336. The second-order valence-electron chi connectivity index (χ2n) is 19.9. The summed E-state index contributed by atoms with van der Waals surface area (Å²) >= 11 is 1.86. The highest BCUT2D eigenvalue weighted by atomic mass is 32.2. The van der Waals surface area contributed by atoms with Crippen molar-refractivity contribution in [3.8, 4) is 0 Å². The number of hydrazine groups is 1. The first-order chi connectivity index (χ1) is 28.8. The average Bonchev–Trinajstić information content (AvgIpc) is 3.85. The third-order valence-corrected chi connectivity index (χ3v) is 18.6. The van der Waals surface area contributed by atoms with Crippen LogP contribution in [0.2, 0.25) is 0 Å². The predicted molar refractivity (Wildman–Crippen MR) is 228 cm³/mol. The molecule has 3 saturated heterocycles. The molecule has 5 aliphatic carbocycles. The zero-order valence-electron chi connectivity index (χ0n) is 35.6. The lowest BCUT2D eigenvalue weighted by Crippen LogP contribution is -2.74. The maximum atomic E-state index is 14.2. The summed E-state index contributed by atoms with van der Waals surface area (Å²) in [6.07, 6.45) is 18.5. The van der Waals surface area contributed by atoms with E-state index in [1.54, 1.807) is 0 Å². The van der Waals surface area contributed by atoms with Crippen LogP contribution in [0.3, 0.4) is 0 Å². The SMILES string of the molecule is C=C1C(=O)C23CCC1CC2C12CCCC(C)(C(C)OC1=O)C2CC3OC(=O)CCCCCCCCCN1C=C(CNC(=O)CCCC2C=NC34NC(=O)NC3CSC24)[N+]1=C. The Kier molecular flexibility index (Phi) is 11.0. The highest BCUT2D eigenvalue weighted by molar-refractivity contribution is 8.00. The lowest BCUT2D eigenvalue weighted by Gasteiger charge is -2.70. The van der Waals surface area contributed by atoms with Crippen molar-refractivity contribution in [3.05, 3.63) is 24.0 Å². The normalized spacial score (nSPS) is 40.4. The van der Waals surface area contributed by atoms with Crippen molar-refractivity contribution >= 4 is 54.4 Å². The van der Waals surface area contributed by atoms with E-state index in [1.807, 2.05) is 29.6 Å². The van der Waals surface area contributed by atoms with E-state index in [4.69, 9.17) is 14.5 Å². The Bertz CT molecular complexity index is 1900. The predicted octanol–water partition coefficient (Wildman–Crippen LogP) is 5.97. The molecule has 3 amide bonds. The topological polar surface area (TPSA) is 159 Å². The van der Waals surface area contributed by atoms with Crippen molar-refractivity contribution in [1.82, 2.24) is 21.0 Å². The highest BCUT2D eigenvalue weighted by Gasteiger charge is 2.77. The zero-order valence-corrected chi connectivity index (χ0v) is 36.5. The lowest BCUT2D eigenvalue weighted by atomic mass is 9.34. The minimum Gasteiger partial charge on any atom is -0.462 e. The van der Waals surface area contributed by atoms with Crippen molar-refractivity contribution in [2.45, 2.75) is 159 Å². The summed E-state index contributed by atoms with van der Waals surface area (Å²) in [6.45, 7) is 14.0. The molecule has 10 rings (SSSR count). The number of nitrogens with zero attached hydrogens (tertiary/aromatic N) is 3. The molecule has 5 aliphatic heterocycles. The molecule has 0 aromatic carbocycles. The third-order valence-electron chi connectivity index (χ3n) is 17.0. The fraction of sp³-hybridized carbons (Fsp3) is 0.761. The van der Waals surface area contributed by atoms with E-state index in [2.05, 4.69) is 47.4 Å². The van der Waals surface area contributed by atoms with Crippen LogP contribution in [0.15, 0.2) is 29.0 Å². The van der Waals surface area contributed by atoms with Crippen LogP contribution in [0, 0.1) is 39.9 Å². The summed E-state index contributed by atoms with van der Waals surface area (Å²) in [4.78, 5) is 70.9. The van der Waals surface area contributed by atoms with Crippen LogP contribution < -0.4 is 16.0 Å². The van der Waals surface area contributed by atoms with Crippen molar-refractivity contribution in [2.75, 3.05) is 18.8 Å². The Balaban J connectivity index is 0.651. The van der Waals surface area contributed by atoms with Crippen LogP contribution in [-0.4, -0.2) is 100 Å². The maximum absolute atomic E-state index is 14.2. The molecular formula is C46H65N6O7S+. The summed E-state index contributed by atoms with van der Waals surface area (Å²) < 4.78 is 14.4. The Morgan fingerprint density at radius 3 is 2.62 bits per heavy atom. The first-order valence-electron chi connectivity index (χ1n) is 23.1. The number of carbonyl (C=O) groups excluding carboxylic acids is 5. The van der Waals surface area contributed by atoms with E-state index in [9.17, 15) is 24.0 Å². The van der Waals surface area contributed by atoms with Crippen LogP contribution in [0.1, 0.15) is 129 Å². The van der Waals surface area contributed by atoms with Gasteiger partial charge in [0.15, 0.2) is 18.2 Å². The van der Waals surface area contributed by atoms with E-state index in [-0.39, 0.29) is 76.1 Å². The Morgan fingerprint density at radius 1 is 1.03 bits per heavy atom. The van der Waals surface area contributed by atoms with Gasteiger partial charge in [0.25, 0.3) is 5.70 Å². The van der Waals surface area contributed by atoms with E-state index in [0.29, 0.717) is 37.8 Å². The number of Topliss-reactive ketones (excluding diaryl/α,β-unsaturated/α-hetero) is 1. The number of nitrogens with one attached hydrogen (secondary N) is 3. The van der Waals surface area contributed by atoms with Crippen molar-refractivity contribution < 1.29 is 38.1 Å². The molecule has 0 aromatic heterocycles. The van der Waals surface area contributed by atoms with Gasteiger partial charge in [-0.1, -0.05) is 56.7 Å². The Morgan fingerprint density at radius 2 is 1.82 bits per heavy atom. The summed E-state index contributed by atoms with van der Waals surface area (Å²) in [5.74, 6) is 0.839. The number of carbonyl (C=O) groups is 5. The van der Waals surface area contributed by atoms with Gasteiger partial charge in [-0.2, -0.15) is 11.8 Å². The van der Waals surface area contributed by atoms with Crippen LogP contribution in [0.5, 0.6) is 0 Å². The molecule has 0 aromatic rings. The molecule has 0 radical (unpaired) electrons. The number of ether oxygens (including phenoxy) is 2. The molecule has 5 saturated carbocycles. The number of urea groups is 1. The Labute approximate surface area is 358 Å². The van der Waals surface area contributed by atoms with Gasteiger partial charge in [-0.3, -0.25) is 24.2 Å². The highest BCUT2D eigenvalue weighted by Crippen LogP contribution is 2.74. The molecule has 4 bridgehead atoms. The van der Waals surface area contributed by atoms with Gasteiger partial charge < -0.3 is 25.4 Å². The number of unbranched alkanes of at least 4 members (excludes halogenated alkanes) is 6. The zero-order chi connectivity index (χ0) is 42.0. The van der Waals surface area contributed by atoms with E-state index in [1.165, 1.54) is 0 Å². The first kappa shape index (κ1) is 41.7. The molecule has 2 spiro atoms. The van der Waals surface area contributed by atoms with Crippen LogP contribution >= 0.6 is 11.8 Å². The number of amides is 3. The van der Waals surface area contributed by atoms with Gasteiger partial charge in [-0.05, 0) is 94.5 Å². The number of hydrogen-bond acceptors (Lipinski definition) is 10. The summed E-state index contributed by atoms with van der Waals surface area (Å²) in [7, 11) is 0. The monoisotopic (exact) mass is 845 g/mol. The third kappa shape index (κ3) is 6.57. The quantitative estimate of drug-likeness (QED) is 0.0528. The fourth-order valence-corrected chi connectivity index (χ4v) is 15.3. The molecule has 8 fully saturated rings. The van der Waals surface area contributed by atoms with Crippen LogP contribution in [0.25, 0.3) is 0 Å². The summed E-state index contributed by atoms with van der Waals surface area (Å²) in [6, 6.07) is -0.0941. The van der Waals surface area contributed by atoms with E-state index < -0.39 is 22.6 Å². The molecule has 10 aliphatic rings. The molecule has 3 N–H and O–H groups in total. The number of aliphatic imine (C=N–C) groups is 1. The number of rotatable bonds is 17. The lowest BCUT2D eigenvalue weighted by molar-refractivity contribution is -0.662. The second kappa shape index (κ2) is 15.9. The van der Waals surface area contributed by atoms with Crippen LogP contribution in [0.4, 0.5) is 4.79 Å². The van der Waals surface area contributed by atoms with Crippen molar-refractivity contribution in [2.24, 2.45) is 44.9 Å². The smallest absolute Gasteiger partial charge is 0.317 e. The molecule has 326 valence electrons. The molecular weight excluding hydrogens is 781 g/mol. The second-order valence-corrected chi connectivity index (χ2v) is 21.1. The van der Waals surface area contributed by atoms with Crippen molar-refractivity contribution in [3.63, 3.8) is 0 Å². The molecule has 12 unspecified atom stereocenters. The van der Waals surface area contributed by atoms with E-state index in [0.717, 1.165) is 108 Å². The first-order valence-corrected chi connectivity index (χ1v) is 24.1. The maximum Gasteiger partial charge on any atom is 0.317 e. The number of hydrogen-bond donors (Lipinski definition) is 3. The fourth-order valence-electron chi connectivity index (χ4n) is 13.6.